The molecule has 4 heteroatoms. The minimum Gasteiger partial charge on any atom is -0.480 e. The number of carboxylic acid groups (broad SMARTS) is 1. The molecular weight excluding hydrogens is 228 g/mol. The van der Waals surface area contributed by atoms with Crippen molar-refractivity contribution in [3.05, 3.63) is 48.7 Å². The van der Waals surface area contributed by atoms with E-state index >= 15 is 0 Å². The van der Waals surface area contributed by atoms with Gasteiger partial charge in [0.15, 0.2) is 0 Å². The number of aromatic amines is 1. The van der Waals surface area contributed by atoms with Crippen molar-refractivity contribution in [3.63, 3.8) is 0 Å². The van der Waals surface area contributed by atoms with E-state index in [-0.39, 0.29) is 0 Å². The molecule has 2 aromatic rings. The molecule has 18 heavy (non-hydrogen) atoms. The quantitative estimate of drug-likeness (QED) is 0.680. The van der Waals surface area contributed by atoms with Gasteiger partial charge in [-0.1, -0.05) is 24.3 Å². The van der Waals surface area contributed by atoms with Crippen molar-refractivity contribution < 1.29 is 9.90 Å². The lowest BCUT2D eigenvalue weighted by molar-refractivity contribution is -0.139. The third-order valence-electron chi connectivity index (χ3n) is 2.91. The highest BCUT2D eigenvalue weighted by atomic mass is 16.4. The Morgan fingerprint density at radius 3 is 3.00 bits per heavy atom. The van der Waals surface area contributed by atoms with Gasteiger partial charge in [-0.2, -0.15) is 0 Å². The molecule has 0 fully saturated rings. The summed E-state index contributed by atoms with van der Waals surface area (Å²) in [7, 11) is 0. The van der Waals surface area contributed by atoms with Crippen molar-refractivity contribution in [2.24, 2.45) is 0 Å². The number of aliphatic carboxylic acids is 1. The normalized spacial score (nSPS) is 12.4. The highest BCUT2D eigenvalue weighted by Gasteiger charge is 2.18. The summed E-state index contributed by atoms with van der Waals surface area (Å²) in [5.41, 5.74) is 2.04. The first-order valence-corrected chi connectivity index (χ1v) is 5.84. The zero-order chi connectivity index (χ0) is 13.0. The van der Waals surface area contributed by atoms with Gasteiger partial charge in [0.2, 0.25) is 0 Å². The number of rotatable bonds is 6. The number of nitrogens with one attached hydrogen (secondary N) is 2. The molecule has 0 aliphatic heterocycles. The van der Waals surface area contributed by atoms with Gasteiger partial charge in [-0.25, -0.2) is 0 Å². The number of H-pyrrole nitrogens is 1. The van der Waals surface area contributed by atoms with Crippen molar-refractivity contribution >= 4 is 16.9 Å². The minimum atomic E-state index is -0.845. The number of carbonyl (C=O) groups is 1. The van der Waals surface area contributed by atoms with E-state index in [0.717, 1.165) is 16.5 Å². The Hall–Kier alpha value is -2.07. The third-order valence-corrected chi connectivity index (χ3v) is 2.91. The maximum Gasteiger partial charge on any atom is 0.321 e. The Bertz CT molecular complexity index is 560. The summed E-state index contributed by atoms with van der Waals surface area (Å²) in [5.74, 6) is -0.845. The second kappa shape index (κ2) is 5.51. The Morgan fingerprint density at radius 2 is 2.28 bits per heavy atom. The Kier molecular flexibility index (Phi) is 3.79. The van der Waals surface area contributed by atoms with Crippen LogP contribution in [0.1, 0.15) is 5.56 Å². The molecule has 1 aromatic carbocycles. The molecule has 2 rings (SSSR count). The molecule has 94 valence electrons. The topological polar surface area (TPSA) is 65.1 Å². The summed E-state index contributed by atoms with van der Waals surface area (Å²) in [5, 5.41) is 13.2. The van der Waals surface area contributed by atoms with Crippen LogP contribution in [0.15, 0.2) is 43.1 Å². The van der Waals surface area contributed by atoms with Crippen LogP contribution in [-0.4, -0.2) is 28.6 Å². The maximum atomic E-state index is 11.2. The lowest BCUT2D eigenvalue weighted by atomic mass is 10.1. The molecule has 0 bridgehead atoms. The van der Waals surface area contributed by atoms with Crippen LogP contribution in [0.2, 0.25) is 0 Å². The average molecular weight is 244 g/mol. The summed E-state index contributed by atoms with van der Waals surface area (Å²) < 4.78 is 0. The van der Waals surface area contributed by atoms with Crippen molar-refractivity contribution in [3.8, 4) is 0 Å². The molecule has 0 aliphatic carbocycles. The molecule has 0 saturated carbocycles. The zero-order valence-electron chi connectivity index (χ0n) is 10.0. The summed E-state index contributed by atoms with van der Waals surface area (Å²) in [6.45, 7) is 4.06. The summed E-state index contributed by atoms with van der Waals surface area (Å²) in [6.07, 6.45) is 3.98. The van der Waals surface area contributed by atoms with Gasteiger partial charge in [0, 0.05) is 30.1 Å². The lowest BCUT2D eigenvalue weighted by Crippen LogP contribution is -2.38. The van der Waals surface area contributed by atoms with Crippen molar-refractivity contribution in [2.75, 3.05) is 6.54 Å². The van der Waals surface area contributed by atoms with E-state index in [1.165, 1.54) is 0 Å². The second-order valence-corrected chi connectivity index (χ2v) is 4.15. The van der Waals surface area contributed by atoms with Gasteiger partial charge in [0.1, 0.15) is 6.04 Å². The molecule has 4 nitrogen and oxygen atoms in total. The zero-order valence-corrected chi connectivity index (χ0v) is 10.0. The van der Waals surface area contributed by atoms with Gasteiger partial charge in [0.05, 0.1) is 0 Å². The van der Waals surface area contributed by atoms with Gasteiger partial charge in [-0.3, -0.25) is 4.79 Å². The second-order valence-electron chi connectivity index (χ2n) is 4.15. The minimum absolute atomic E-state index is 0.452. The average Bonchev–Trinajstić information content (AvgIpc) is 2.77. The molecule has 0 unspecified atom stereocenters. The Labute approximate surface area is 105 Å². The van der Waals surface area contributed by atoms with Crippen molar-refractivity contribution in [1.82, 2.24) is 10.3 Å². The SMILES string of the molecule is C=CCN[C@@H](Cc1c[nH]c2ccccc12)C(=O)O. The Morgan fingerprint density at radius 1 is 1.50 bits per heavy atom. The van der Waals surface area contributed by atoms with Crippen LogP contribution in [0.3, 0.4) is 0 Å². The number of fused-ring (bicyclic) bond motifs is 1. The van der Waals surface area contributed by atoms with Crippen LogP contribution >= 0.6 is 0 Å². The fourth-order valence-electron chi connectivity index (χ4n) is 1.99. The van der Waals surface area contributed by atoms with E-state index in [9.17, 15) is 4.79 Å². The van der Waals surface area contributed by atoms with E-state index in [0.29, 0.717) is 13.0 Å². The monoisotopic (exact) mass is 244 g/mol. The van der Waals surface area contributed by atoms with Crippen molar-refractivity contribution in [1.29, 1.82) is 0 Å². The maximum absolute atomic E-state index is 11.2. The molecule has 0 radical (unpaired) electrons. The van der Waals surface area contributed by atoms with Gasteiger partial charge in [-0.05, 0) is 11.6 Å². The molecule has 0 aliphatic rings. The summed E-state index contributed by atoms with van der Waals surface area (Å²) in [6, 6.07) is 7.28. The van der Waals surface area contributed by atoms with Crippen LogP contribution < -0.4 is 5.32 Å². The number of aromatic nitrogens is 1. The number of hydrogen-bond donors (Lipinski definition) is 3. The lowest BCUT2D eigenvalue weighted by Gasteiger charge is -2.12. The van der Waals surface area contributed by atoms with Gasteiger partial charge in [0.25, 0.3) is 0 Å². The van der Waals surface area contributed by atoms with Gasteiger partial charge >= 0.3 is 5.97 Å². The predicted octanol–water partition coefficient (Wildman–Crippen LogP) is 1.94. The first-order chi connectivity index (χ1) is 8.72. The highest BCUT2D eigenvalue weighted by molar-refractivity contribution is 5.84. The van der Waals surface area contributed by atoms with Crippen LogP contribution in [0.25, 0.3) is 10.9 Å². The number of benzene rings is 1. The first-order valence-electron chi connectivity index (χ1n) is 5.84. The highest BCUT2D eigenvalue weighted by Crippen LogP contribution is 2.19. The predicted molar refractivity (Wildman–Crippen MR) is 71.6 cm³/mol. The molecule has 1 atom stereocenters. The van der Waals surface area contributed by atoms with Crippen LogP contribution in [-0.2, 0) is 11.2 Å². The Balaban J connectivity index is 2.20. The third kappa shape index (κ3) is 2.60. The van der Waals surface area contributed by atoms with Crippen LogP contribution in [0, 0.1) is 0 Å². The van der Waals surface area contributed by atoms with Gasteiger partial charge in [-0.15, -0.1) is 6.58 Å². The van der Waals surface area contributed by atoms with E-state index in [2.05, 4.69) is 16.9 Å². The van der Waals surface area contributed by atoms with Crippen LogP contribution in [0.5, 0.6) is 0 Å². The van der Waals surface area contributed by atoms with Gasteiger partial charge < -0.3 is 15.4 Å². The van der Waals surface area contributed by atoms with Crippen molar-refractivity contribution in [2.45, 2.75) is 12.5 Å². The largest absolute Gasteiger partial charge is 0.480 e. The van der Waals surface area contributed by atoms with E-state index in [4.69, 9.17) is 5.11 Å². The number of hydrogen-bond acceptors (Lipinski definition) is 2. The van der Waals surface area contributed by atoms with E-state index in [1.54, 1.807) is 6.08 Å². The smallest absolute Gasteiger partial charge is 0.321 e. The summed E-state index contributed by atoms with van der Waals surface area (Å²) in [4.78, 5) is 14.3. The molecular formula is C14H16N2O2. The molecule has 0 saturated heterocycles. The summed E-state index contributed by atoms with van der Waals surface area (Å²) >= 11 is 0. The fourth-order valence-corrected chi connectivity index (χ4v) is 1.99. The standard InChI is InChI=1S/C14H16N2O2/c1-2-7-15-13(14(17)18)8-10-9-16-12-6-4-3-5-11(10)12/h2-6,9,13,15-16H,1,7-8H2,(H,17,18)/t13-/m0/s1. The number of para-hydroxylation sites is 1. The van der Waals surface area contributed by atoms with E-state index < -0.39 is 12.0 Å². The molecule has 1 heterocycles. The van der Waals surface area contributed by atoms with E-state index in [1.807, 2.05) is 30.5 Å². The first kappa shape index (κ1) is 12.4. The fraction of sp³-hybridized carbons (Fsp3) is 0.214. The molecule has 0 amide bonds. The molecule has 1 aromatic heterocycles. The number of carboxylic acids is 1. The molecule has 3 N–H and O–H groups in total. The van der Waals surface area contributed by atoms with Crippen LogP contribution in [0.4, 0.5) is 0 Å². The molecule has 0 spiro atoms.